The minimum absolute atomic E-state index is 0.0601. The van der Waals surface area contributed by atoms with E-state index in [1.165, 1.54) is 27.6 Å². The average Bonchev–Trinajstić information content (AvgIpc) is 3.35. The summed E-state index contributed by atoms with van der Waals surface area (Å²) in [6.07, 6.45) is 6.08. The van der Waals surface area contributed by atoms with Crippen LogP contribution < -0.4 is 5.32 Å². The van der Waals surface area contributed by atoms with Gasteiger partial charge in [-0.25, -0.2) is 0 Å². The minimum Gasteiger partial charge on any atom is -0.467 e. The van der Waals surface area contributed by atoms with Crippen LogP contribution in [0.25, 0.3) is 10.9 Å². The Hall–Kier alpha value is -3.27. The molecule has 0 saturated carbocycles. The Morgan fingerprint density at radius 3 is 2.79 bits per heavy atom. The zero-order valence-corrected chi connectivity index (χ0v) is 16.7. The highest BCUT2D eigenvalue weighted by molar-refractivity contribution is 5.84. The van der Waals surface area contributed by atoms with Gasteiger partial charge in [0.25, 0.3) is 0 Å². The predicted octanol–water partition coefficient (Wildman–Crippen LogP) is 5.23. The Labute approximate surface area is 171 Å². The molecule has 4 aromatic rings. The van der Waals surface area contributed by atoms with Gasteiger partial charge >= 0.3 is 0 Å². The van der Waals surface area contributed by atoms with Gasteiger partial charge in [-0.3, -0.25) is 4.79 Å². The Kier molecular flexibility index (Phi) is 5.80. The van der Waals surface area contributed by atoms with Crippen LogP contribution in [0.5, 0.6) is 0 Å². The van der Waals surface area contributed by atoms with Crippen LogP contribution in [0.2, 0.25) is 0 Å². The molecule has 0 spiro atoms. The summed E-state index contributed by atoms with van der Waals surface area (Å²) in [7, 11) is 0. The van der Waals surface area contributed by atoms with Crippen LogP contribution in [-0.2, 0) is 24.3 Å². The van der Waals surface area contributed by atoms with Gasteiger partial charge in [-0.2, -0.15) is 0 Å². The summed E-state index contributed by atoms with van der Waals surface area (Å²) in [5.41, 5.74) is 5.12. The molecular formula is C25H26N2O2. The van der Waals surface area contributed by atoms with Crippen LogP contribution in [0.3, 0.4) is 0 Å². The number of carbonyl (C=O) groups is 1. The maximum absolute atomic E-state index is 12.1. The maximum atomic E-state index is 12.1. The summed E-state index contributed by atoms with van der Waals surface area (Å²) in [6.45, 7) is 3.42. The van der Waals surface area contributed by atoms with Crippen molar-refractivity contribution in [1.82, 2.24) is 9.88 Å². The minimum atomic E-state index is 0.0601. The molecule has 0 radical (unpaired) electrons. The van der Waals surface area contributed by atoms with Crippen LogP contribution in [0.4, 0.5) is 0 Å². The molecule has 0 atom stereocenters. The van der Waals surface area contributed by atoms with E-state index in [0.29, 0.717) is 13.0 Å². The highest BCUT2D eigenvalue weighted by Crippen LogP contribution is 2.24. The highest BCUT2D eigenvalue weighted by Gasteiger charge is 2.10. The molecule has 0 aliphatic carbocycles. The van der Waals surface area contributed by atoms with Crippen molar-refractivity contribution in [2.24, 2.45) is 0 Å². The van der Waals surface area contributed by atoms with Gasteiger partial charge in [0, 0.05) is 30.1 Å². The van der Waals surface area contributed by atoms with Gasteiger partial charge in [0.05, 0.1) is 12.8 Å². The third-order valence-electron chi connectivity index (χ3n) is 5.20. The molecule has 4 nitrogen and oxygen atoms in total. The van der Waals surface area contributed by atoms with Crippen LogP contribution in [0, 0.1) is 6.92 Å². The number of amides is 1. The summed E-state index contributed by atoms with van der Waals surface area (Å²) in [4.78, 5) is 12.1. The Morgan fingerprint density at radius 2 is 1.97 bits per heavy atom. The molecule has 4 heteroatoms. The normalized spacial score (nSPS) is 11.1. The van der Waals surface area contributed by atoms with Crippen molar-refractivity contribution in [2.45, 2.75) is 39.3 Å². The maximum Gasteiger partial charge on any atom is 0.220 e. The Morgan fingerprint density at radius 1 is 1.07 bits per heavy atom. The van der Waals surface area contributed by atoms with Crippen molar-refractivity contribution in [3.8, 4) is 0 Å². The lowest BCUT2D eigenvalue weighted by Crippen LogP contribution is -2.22. The van der Waals surface area contributed by atoms with Crippen LogP contribution >= 0.6 is 0 Å². The largest absolute Gasteiger partial charge is 0.467 e. The SMILES string of the molecule is Cc1cccc(Cn2cc(CCCC(=O)NCc3ccco3)c3ccccc32)c1. The number of aryl methyl sites for hydroxylation is 2. The van der Waals surface area contributed by atoms with E-state index in [2.05, 4.69) is 71.5 Å². The van der Waals surface area contributed by atoms with E-state index in [4.69, 9.17) is 4.42 Å². The second-order valence-corrected chi connectivity index (χ2v) is 7.50. The molecule has 4 rings (SSSR count). The summed E-state index contributed by atoms with van der Waals surface area (Å²) in [5, 5.41) is 4.19. The summed E-state index contributed by atoms with van der Waals surface area (Å²) in [5.74, 6) is 0.836. The van der Waals surface area contributed by atoms with Crippen molar-refractivity contribution in [2.75, 3.05) is 0 Å². The first kappa shape index (κ1) is 19.1. The predicted molar refractivity (Wildman–Crippen MR) is 116 cm³/mol. The fourth-order valence-electron chi connectivity index (χ4n) is 3.79. The van der Waals surface area contributed by atoms with Gasteiger partial charge in [-0.05, 0) is 49.1 Å². The van der Waals surface area contributed by atoms with Crippen LogP contribution in [-0.4, -0.2) is 10.5 Å². The van der Waals surface area contributed by atoms with Crippen LogP contribution in [0.15, 0.2) is 77.5 Å². The molecule has 1 N–H and O–H groups in total. The summed E-state index contributed by atoms with van der Waals surface area (Å²) >= 11 is 0. The lowest BCUT2D eigenvalue weighted by Gasteiger charge is -2.06. The van der Waals surface area contributed by atoms with Crippen molar-refractivity contribution < 1.29 is 9.21 Å². The number of benzene rings is 2. The highest BCUT2D eigenvalue weighted by atomic mass is 16.3. The molecule has 0 saturated heterocycles. The fourth-order valence-corrected chi connectivity index (χ4v) is 3.79. The first-order chi connectivity index (χ1) is 14.2. The first-order valence-corrected chi connectivity index (χ1v) is 10.1. The quantitative estimate of drug-likeness (QED) is 0.451. The van der Waals surface area contributed by atoms with Gasteiger partial charge in [0.1, 0.15) is 5.76 Å². The summed E-state index contributed by atoms with van der Waals surface area (Å²) in [6, 6.07) is 20.8. The second-order valence-electron chi connectivity index (χ2n) is 7.50. The number of aromatic nitrogens is 1. The zero-order chi connectivity index (χ0) is 20.1. The third-order valence-corrected chi connectivity index (χ3v) is 5.20. The second kappa shape index (κ2) is 8.82. The number of para-hydroxylation sites is 1. The van der Waals surface area contributed by atoms with Crippen LogP contribution in [0.1, 0.15) is 35.3 Å². The molecular weight excluding hydrogens is 360 g/mol. The summed E-state index contributed by atoms with van der Waals surface area (Å²) < 4.78 is 7.56. The Balaban J connectivity index is 1.40. The number of carbonyl (C=O) groups excluding carboxylic acids is 1. The molecule has 0 fully saturated rings. The number of nitrogens with one attached hydrogen (secondary N) is 1. The molecule has 0 bridgehead atoms. The lowest BCUT2D eigenvalue weighted by atomic mass is 10.1. The van der Waals surface area contributed by atoms with Gasteiger partial charge < -0.3 is 14.3 Å². The molecule has 1 amide bonds. The topological polar surface area (TPSA) is 47.2 Å². The van der Waals surface area contributed by atoms with Crippen molar-refractivity contribution in [1.29, 1.82) is 0 Å². The Bertz CT molecular complexity index is 1090. The number of fused-ring (bicyclic) bond motifs is 1. The average molecular weight is 386 g/mol. The van der Waals surface area contributed by atoms with E-state index in [1.807, 2.05) is 12.1 Å². The van der Waals surface area contributed by atoms with Gasteiger partial charge in [0.2, 0.25) is 5.91 Å². The van der Waals surface area contributed by atoms with E-state index in [1.54, 1.807) is 6.26 Å². The number of rotatable bonds is 8. The molecule has 0 aliphatic heterocycles. The number of nitrogens with zero attached hydrogens (tertiary/aromatic N) is 1. The monoisotopic (exact) mass is 386 g/mol. The van der Waals surface area contributed by atoms with Gasteiger partial charge in [-0.15, -0.1) is 0 Å². The number of furan rings is 1. The number of hydrogen-bond acceptors (Lipinski definition) is 2. The van der Waals surface area contributed by atoms with E-state index in [-0.39, 0.29) is 5.91 Å². The van der Waals surface area contributed by atoms with Gasteiger partial charge in [-0.1, -0.05) is 48.0 Å². The lowest BCUT2D eigenvalue weighted by molar-refractivity contribution is -0.121. The van der Waals surface area contributed by atoms with E-state index >= 15 is 0 Å². The third kappa shape index (κ3) is 4.77. The van der Waals surface area contributed by atoms with E-state index < -0.39 is 0 Å². The molecule has 2 aromatic carbocycles. The van der Waals surface area contributed by atoms with Crippen molar-refractivity contribution in [3.05, 3.63) is 95.6 Å². The first-order valence-electron chi connectivity index (χ1n) is 10.1. The van der Waals surface area contributed by atoms with E-state index in [9.17, 15) is 4.79 Å². The fraction of sp³-hybridized carbons (Fsp3) is 0.240. The molecule has 148 valence electrons. The van der Waals surface area contributed by atoms with E-state index in [0.717, 1.165) is 25.1 Å². The standard InChI is InChI=1S/C25H26N2O2/c1-19-7-4-8-20(15-19)17-27-18-21(23-11-2-3-12-24(23)27)9-5-13-25(28)26-16-22-10-6-14-29-22/h2-4,6-8,10-12,14-15,18H,5,9,13,16-17H2,1H3,(H,26,28). The van der Waals surface area contributed by atoms with Gasteiger partial charge in [0.15, 0.2) is 0 Å². The van der Waals surface area contributed by atoms with Crippen molar-refractivity contribution in [3.63, 3.8) is 0 Å². The molecule has 2 heterocycles. The number of hydrogen-bond donors (Lipinski definition) is 1. The van der Waals surface area contributed by atoms with Crippen molar-refractivity contribution >= 4 is 16.8 Å². The zero-order valence-electron chi connectivity index (χ0n) is 16.7. The molecule has 0 aliphatic rings. The molecule has 29 heavy (non-hydrogen) atoms. The smallest absolute Gasteiger partial charge is 0.220 e. The molecule has 2 aromatic heterocycles. The molecule has 0 unspecified atom stereocenters.